The number of anilines is 1. The summed E-state index contributed by atoms with van der Waals surface area (Å²) in [6.45, 7) is 0. The predicted molar refractivity (Wildman–Crippen MR) is 95.7 cm³/mol. The molecule has 0 saturated heterocycles. The summed E-state index contributed by atoms with van der Waals surface area (Å²) in [5.41, 5.74) is 10.9. The smallest absolute Gasteiger partial charge is 0.180 e. The average molecular weight is 327 g/mol. The van der Waals surface area contributed by atoms with Crippen LogP contribution in [-0.2, 0) is 0 Å². The molecule has 5 aromatic rings. The number of nitrogens with one attached hydrogen (secondary N) is 1. The second-order valence-electron chi connectivity index (χ2n) is 5.70. The molecule has 120 valence electrons. The molecule has 0 bridgehead atoms. The van der Waals surface area contributed by atoms with E-state index in [2.05, 4.69) is 25.3 Å². The van der Waals surface area contributed by atoms with Crippen molar-refractivity contribution >= 4 is 22.5 Å². The van der Waals surface area contributed by atoms with Crippen molar-refractivity contribution in [2.75, 3.05) is 5.73 Å². The number of nitrogen functional groups attached to an aromatic ring is 1. The van der Waals surface area contributed by atoms with E-state index in [0.717, 1.165) is 22.3 Å². The Balaban J connectivity index is 1.68. The standard InChI is InChI=1S/C18H13N7/c19-17-16(18-20-12-8-4-5-9-13(12)21-18)23-22-15-10-14(24-25(15)17)11-6-2-1-3-7-11/h1-10H,19H2,(H,20,21). The average Bonchev–Trinajstić information content (AvgIpc) is 3.27. The molecule has 0 aliphatic carbocycles. The van der Waals surface area contributed by atoms with Gasteiger partial charge in [-0.1, -0.05) is 42.5 Å². The van der Waals surface area contributed by atoms with E-state index in [1.807, 2.05) is 60.7 Å². The van der Waals surface area contributed by atoms with E-state index in [1.54, 1.807) is 4.52 Å². The molecule has 3 heterocycles. The highest BCUT2D eigenvalue weighted by atomic mass is 15.3. The van der Waals surface area contributed by atoms with Gasteiger partial charge in [0.2, 0.25) is 0 Å². The van der Waals surface area contributed by atoms with Crippen LogP contribution in [0, 0.1) is 0 Å². The van der Waals surface area contributed by atoms with E-state index in [1.165, 1.54) is 0 Å². The third-order valence-corrected chi connectivity index (χ3v) is 4.10. The van der Waals surface area contributed by atoms with Crippen molar-refractivity contribution in [2.24, 2.45) is 0 Å². The van der Waals surface area contributed by atoms with Crippen LogP contribution in [0.3, 0.4) is 0 Å². The van der Waals surface area contributed by atoms with E-state index < -0.39 is 0 Å². The van der Waals surface area contributed by atoms with E-state index >= 15 is 0 Å². The molecular weight excluding hydrogens is 314 g/mol. The van der Waals surface area contributed by atoms with E-state index in [0.29, 0.717) is 23.0 Å². The number of aromatic amines is 1. The van der Waals surface area contributed by atoms with Gasteiger partial charge in [0.05, 0.1) is 16.7 Å². The van der Waals surface area contributed by atoms with Crippen LogP contribution in [0.25, 0.3) is 39.5 Å². The van der Waals surface area contributed by atoms with Crippen LogP contribution in [0.1, 0.15) is 0 Å². The van der Waals surface area contributed by atoms with Crippen molar-refractivity contribution in [2.45, 2.75) is 0 Å². The van der Waals surface area contributed by atoms with E-state index in [4.69, 9.17) is 5.73 Å². The summed E-state index contributed by atoms with van der Waals surface area (Å²) in [6, 6.07) is 19.5. The fraction of sp³-hybridized carbons (Fsp3) is 0. The highest BCUT2D eigenvalue weighted by molar-refractivity contribution is 5.80. The van der Waals surface area contributed by atoms with Gasteiger partial charge in [-0.05, 0) is 12.1 Å². The minimum absolute atomic E-state index is 0.395. The van der Waals surface area contributed by atoms with Gasteiger partial charge in [0, 0.05) is 11.6 Å². The topological polar surface area (TPSA) is 97.8 Å². The molecule has 3 aromatic heterocycles. The number of para-hydroxylation sites is 2. The number of hydrogen-bond donors (Lipinski definition) is 2. The highest BCUT2D eigenvalue weighted by Crippen LogP contribution is 2.25. The predicted octanol–water partition coefficient (Wildman–Crippen LogP) is 2.92. The summed E-state index contributed by atoms with van der Waals surface area (Å²) >= 11 is 0. The second kappa shape index (κ2) is 5.13. The maximum atomic E-state index is 6.30. The molecule has 0 aliphatic rings. The van der Waals surface area contributed by atoms with Crippen LogP contribution >= 0.6 is 0 Å². The Labute approximate surface area is 142 Å². The number of imidazole rings is 1. The fourth-order valence-electron chi connectivity index (χ4n) is 2.86. The molecule has 5 rings (SSSR count). The molecule has 0 aliphatic heterocycles. The zero-order chi connectivity index (χ0) is 16.8. The first-order valence-corrected chi connectivity index (χ1v) is 7.82. The lowest BCUT2D eigenvalue weighted by Crippen LogP contribution is -2.06. The van der Waals surface area contributed by atoms with Gasteiger partial charge >= 0.3 is 0 Å². The quantitative estimate of drug-likeness (QED) is 0.519. The lowest BCUT2D eigenvalue weighted by molar-refractivity contribution is 0.904. The Hall–Kier alpha value is -3.74. The normalized spacial score (nSPS) is 11.4. The lowest BCUT2D eigenvalue weighted by Gasteiger charge is -2.02. The monoisotopic (exact) mass is 327 g/mol. The lowest BCUT2D eigenvalue weighted by atomic mass is 10.2. The molecule has 2 aromatic carbocycles. The van der Waals surface area contributed by atoms with Crippen LogP contribution in [0.2, 0.25) is 0 Å². The largest absolute Gasteiger partial charge is 0.382 e. The van der Waals surface area contributed by atoms with Crippen molar-refractivity contribution < 1.29 is 0 Å². The molecular formula is C18H13N7. The summed E-state index contributed by atoms with van der Waals surface area (Å²) in [5, 5.41) is 13.1. The van der Waals surface area contributed by atoms with Crippen LogP contribution < -0.4 is 5.73 Å². The first-order valence-electron chi connectivity index (χ1n) is 7.82. The Kier molecular flexibility index (Phi) is 2.81. The summed E-state index contributed by atoms with van der Waals surface area (Å²) in [4.78, 5) is 7.76. The van der Waals surface area contributed by atoms with Crippen molar-refractivity contribution in [3.63, 3.8) is 0 Å². The highest BCUT2D eigenvalue weighted by Gasteiger charge is 2.16. The number of nitrogens with two attached hydrogens (primary N) is 1. The molecule has 7 heteroatoms. The van der Waals surface area contributed by atoms with Crippen molar-refractivity contribution in [1.82, 2.24) is 29.8 Å². The molecule has 0 atom stereocenters. The molecule has 0 saturated carbocycles. The van der Waals surface area contributed by atoms with E-state index in [-0.39, 0.29) is 0 Å². The number of hydrogen-bond acceptors (Lipinski definition) is 5. The van der Waals surface area contributed by atoms with Gasteiger partial charge in [-0.2, -0.15) is 9.61 Å². The second-order valence-corrected chi connectivity index (χ2v) is 5.70. The zero-order valence-corrected chi connectivity index (χ0v) is 13.1. The summed E-state index contributed by atoms with van der Waals surface area (Å²) in [7, 11) is 0. The van der Waals surface area contributed by atoms with Crippen LogP contribution in [-0.4, -0.2) is 29.8 Å². The van der Waals surface area contributed by atoms with Crippen molar-refractivity contribution in [3.05, 3.63) is 60.7 Å². The summed E-state index contributed by atoms with van der Waals surface area (Å²) in [5.74, 6) is 0.969. The molecule has 0 unspecified atom stereocenters. The Morgan fingerprint density at radius 3 is 2.56 bits per heavy atom. The molecule has 0 amide bonds. The molecule has 0 fully saturated rings. The van der Waals surface area contributed by atoms with Crippen molar-refractivity contribution in [1.29, 1.82) is 0 Å². The maximum absolute atomic E-state index is 6.30. The van der Waals surface area contributed by atoms with Gasteiger partial charge in [0.1, 0.15) is 0 Å². The first kappa shape index (κ1) is 13.7. The number of nitrogens with zero attached hydrogens (tertiary/aromatic N) is 5. The summed E-state index contributed by atoms with van der Waals surface area (Å²) < 4.78 is 1.60. The number of benzene rings is 2. The molecule has 25 heavy (non-hydrogen) atoms. The number of H-pyrrole nitrogens is 1. The third-order valence-electron chi connectivity index (χ3n) is 4.10. The van der Waals surface area contributed by atoms with E-state index in [9.17, 15) is 0 Å². The number of rotatable bonds is 2. The Bertz CT molecular complexity index is 1170. The number of aromatic nitrogens is 6. The van der Waals surface area contributed by atoms with Gasteiger partial charge in [0.25, 0.3) is 0 Å². The Morgan fingerprint density at radius 2 is 1.72 bits per heavy atom. The maximum Gasteiger partial charge on any atom is 0.180 e. The third kappa shape index (κ3) is 2.13. The van der Waals surface area contributed by atoms with Gasteiger partial charge in [-0.3, -0.25) is 0 Å². The first-order chi connectivity index (χ1) is 12.3. The Morgan fingerprint density at radius 1 is 0.920 bits per heavy atom. The fourth-order valence-corrected chi connectivity index (χ4v) is 2.86. The van der Waals surface area contributed by atoms with Crippen LogP contribution in [0.4, 0.5) is 5.82 Å². The van der Waals surface area contributed by atoms with Crippen LogP contribution in [0.5, 0.6) is 0 Å². The minimum Gasteiger partial charge on any atom is -0.382 e. The van der Waals surface area contributed by atoms with Gasteiger partial charge in [-0.25, -0.2) is 4.98 Å². The van der Waals surface area contributed by atoms with Gasteiger partial charge < -0.3 is 10.7 Å². The molecule has 0 radical (unpaired) electrons. The minimum atomic E-state index is 0.395. The molecule has 3 N–H and O–H groups in total. The number of fused-ring (bicyclic) bond motifs is 2. The van der Waals surface area contributed by atoms with Crippen LogP contribution in [0.15, 0.2) is 60.7 Å². The summed E-state index contributed by atoms with van der Waals surface area (Å²) in [6.07, 6.45) is 0. The molecule has 7 nitrogen and oxygen atoms in total. The van der Waals surface area contributed by atoms with Gasteiger partial charge in [-0.15, -0.1) is 10.2 Å². The SMILES string of the molecule is Nc1c(-c2nc3ccccc3[nH]2)nnc2cc(-c3ccccc3)nn12. The van der Waals surface area contributed by atoms with Crippen molar-refractivity contribution in [3.8, 4) is 22.8 Å². The van der Waals surface area contributed by atoms with Gasteiger partial charge in [0.15, 0.2) is 23.0 Å². The molecule has 0 spiro atoms. The zero-order valence-electron chi connectivity index (χ0n) is 13.1.